The van der Waals surface area contributed by atoms with Gasteiger partial charge in [0.25, 0.3) is 5.91 Å². The van der Waals surface area contributed by atoms with E-state index in [1.54, 1.807) is 44.7 Å². The molecular formula is C20H25N3O3. The van der Waals surface area contributed by atoms with Gasteiger partial charge in [0.2, 0.25) is 0 Å². The molecule has 1 heterocycles. The number of nitrogens with one attached hydrogen (secondary N) is 2. The summed E-state index contributed by atoms with van der Waals surface area (Å²) in [5.74, 6) is 1.79. The summed E-state index contributed by atoms with van der Waals surface area (Å²) in [6.07, 6.45) is 7.80. The number of carbonyl (C=O) groups is 1. The van der Waals surface area contributed by atoms with Gasteiger partial charge in [0.05, 0.1) is 25.5 Å². The van der Waals surface area contributed by atoms with Crippen molar-refractivity contribution in [3.05, 3.63) is 42.1 Å². The first-order valence-corrected chi connectivity index (χ1v) is 8.95. The first-order chi connectivity index (χ1) is 12.7. The first-order valence-electron chi connectivity index (χ1n) is 8.95. The molecule has 0 spiro atoms. The molecule has 6 heteroatoms. The van der Waals surface area contributed by atoms with E-state index in [1.807, 2.05) is 6.07 Å². The van der Waals surface area contributed by atoms with Crippen LogP contribution >= 0.6 is 0 Å². The standard InChI is InChI=1S/C20H25N3O3/c1-25-16-9-10-18(26-2)17(12-16)23-20(24)14-8-11-19(21-13-14)22-15-6-4-3-5-7-15/h8-13,15H,3-7H2,1-2H3,(H,21,22)(H,23,24). The molecular weight excluding hydrogens is 330 g/mol. The van der Waals surface area contributed by atoms with Crippen molar-refractivity contribution in [2.24, 2.45) is 0 Å². The lowest BCUT2D eigenvalue weighted by atomic mass is 9.95. The predicted molar refractivity (Wildman–Crippen MR) is 102 cm³/mol. The van der Waals surface area contributed by atoms with Gasteiger partial charge in [-0.15, -0.1) is 0 Å². The van der Waals surface area contributed by atoms with Crippen LogP contribution in [0.5, 0.6) is 11.5 Å². The van der Waals surface area contributed by atoms with Crippen molar-refractivity contribution >= 4 is 17.4 Å². The van der Waals surface area contributed by atoms with Gasteiger partial charge in [-0.2, -0.15) is 0 Å². The zero-order valence-electron chi connectivity index (χ0n) is 15.2. The Kier molecular flexibility index (Phi) is 5.94. The third kappa shape index (κ3) is 4.45. The summed E-state index contributed by atoms with van der Waals surface area (Å²) in [5.41, 5.74) is 1.05. The summed E-state index contributed by atoms with van der Waals surface area (Å²) in [4.78, 5) is 16.9. The van der Waals surface area contributed by atoms with Crippen molar-refractivity contribution in [2.75, 3.05) is 24.9 Å². The second-order valence-electron chi connectivity index (χ2n) is 6.43. The van der Waals surface area contributed by atoms with Crippen LogP contribution in [0.25, 0.3) is 0 Å². The molecule has 6 nitrogen and oxygen atoms in total. The normalized spacial score (nSPS) is 14.5. The summed E-state index contributed by atoms with van der Waals surface area (Å²) >= 11 is 0. The third-order valence-corrected chi connectivity index (χ3v) is 4.64. The van der Waals surface area contributed by atoms with E-state index >= 15 is 0 Å². The molecule has 1 amide bonds. The molecule has 2 N–H and O–H groups in total. The number of nitrogens with zero attached hydrogens (tertiary/aromatic N) is 1. The molecule has 26 heavy (non-hydrogen) atoms. The highest BCUT2D eigenvalue weighted by atomic mass is 16.5. The summed E-state index contributed by atoms with van der Waals surface area (Å²) < 4.78 is 10.5. The number of amides is 1. The highest BCUT2D eigenvalue weighted by molar-refractivity contribution is 6.05. The minimum atomic E-state index is -0.242. The number of hydrogen-bond donors (Lipinski definition) is 2. The number of aromatic nitrogens is 1. The van der Waals surface area contributed by atoms with Gasteiger partial charge in [-0.05, 0) is 37.1 Å². The van der Waals surface area contributed by atoms with Crippen LogP contribution in [0.3, 0.4) is 0 Å². The molecule has 3 rings (SSSR count). The highest BCUT2D eigenvalue weighted by Gasteiger charge is 2.15. The fourth-order valence-corrected chi connectivity index (χ4v) is 3.18. The molecule has 0 bridgehead atoms. The number of carbonyl (C=O) groups excluding carboxylic acids is 1. The number of hydrogen-bond acceptors (Lipinski definition) is 5. The Labute approximate surface area is 153 Å². The molecule has 1 fully saturated rings. The van der Waals surface area contributed by atoms with Crippen LogP contribution in [0.1, 0.15) is 42.5 Å². The lowest BCUT2D eigenvalue weighted by molar-refractivity contribution is 0.102. The van der Waals surface area contributed by atoms with Crippen molar-refractivity contribution in [3.8, 4) is 11.5 Å². The fourth-order valence-electron chi connectivity index (χ4n) is 3.18. The van der Waals surface area contributed by atoms with Crippen LogP contribution in [-0.4, -0.2) is 31.2 Å². The number of methoxy groups -OCH3 is 2. The Morgan fingerprint density at radius 3 is 2.54 bits per heavy atom. The van der Waals surface area contributed by atoms with Crippen LogP contribution < -0.4 is 20.1 Å². The Morgan fingerprint density at radius 2 is 1.88 bits per heavy atom. The van der Waals surface area contributed by atoms with Crippen LogP contribution in [0.2, 0.25) is 0 Å². The molecule has 1 aliphatic carbocycles. The quantitative estimate of drug-likeness (QED) is 0.816. The molecule has 0 unspecified atom stereocenters. The molecule has 138 valence electrons. The summed E-state index contributed by atoms with van der Waals surface area (Å²) in [6.45, 7) is 0. The molecule has 1 aliphatic rings. The van der Waals surface area contributed by atoms with Gasteiger partial charge in [-0.3, -0.25) is 4.79 Å². The molecule has 0 aliphatic heterocycles. The Balaban J connectivity index is 1.66. The van der Waals surface area contributed by atoms with Crippen LogP contribution in [0.4, 0.5) is 11.5 Å². The van der Waals surface area contributed by atoms with E-state index in [0.717, 1.165) is 5.82 Å². The molecule has 0 atom stereocenters. The monoisotopic (exact) mass is 355 g/mol. The van der Waals surface area contributed by atoms with E-state index in [-0.39, 0.29) is 5.91 Å². The summed E-state index contributed by atoms with van der Waals surface area (Å²) in [5, 5.41) is 6.30. The number of rotatable bonds is 6. The number of anilines is 2. The minimum absolute atomic E-state index is 0.242. The van der Waals surface area contributed by atoms with Crippen molar-refractivity contribution in [3.63, 3.8) is 0 Å². The Morgan fingerprint density at radius 1 is 1.08 bits per heavy atom. The molecule has 1 saturated carbocycles. The van der Waals surface area contributed by atoms with Gasteiger partial charge >= 0.3 is 0 Å². The summed E-state index contributed by atoms with van der Waals surface area (Å²) in [7, 11) is 3.14. The van der Waals surface area contributed by atoms with Gasteiger partial charge < -0.3 is 20.1 Å². The molecule has 0 radical (unpaired) electrons. The van der Waals surface area contributed by atoms with Gasteiger partial charge in [0.1, 0.15) is 17.3 Å². The zero-order chi connectivity index (χ0) is 18.4. The Bertz CT molecular complexity index is 740. The number of ether oxygens (including phenoxy) is 2. The lowest BCUT2D eigenvalue weighted by Crippen LogP contribution is -2.23. The average molecular weight is 355 g/mol. The van der Waals surface area contributed by atoms with Gasteiger partial charge in [-0.1, -0.05) is 19.3 Å². The maximum absolute atomic E-state index is 12.5. The summed E-state index contributed by atoms with van der Waals surface area (Å²) in [6, 6.07) is 9.37. The van der Waals surface area contributed by atoms with E-state index in [0.29, 0.717) is 28.8 Å². The van der Waals surface area contributed by atoms with Crippen molar-refractivity contribution in [2.45, 2.75) is 38.1 Å². The Hall–Kier alpha value is -2.76. The topological polar surface area (TPSA) is 72.5 Å². The average Bonchev–Trinajstić information content (AvgIpc) is 2.69. The van der Waals surface area contributed by atoms with E-state index in [2.05, 4.69) is 15.6 Å². The molecule has 1 aromatic carbocycles. The lowest BCUT2D eigenvalue weighted by Gasteiger charge is -2.23. The smallest absolute Gasteiger partial charge is 0.257 e. The van der Waals surface area contributed by atoms with E-state index in [9.17, 15) is 4.79 Å². The predicted octanol–water partition coefficient (Wildman–Crippen LogP) is 4.10. The number of pyridine rings is 1. The molecule has 0 saturated heterocycles. The molecule has 1 aromatic heterocycles. The van der Waals surface area contributed by atoms with Crippen molar-refractivity contribution in [1.82, 2.24) is 4.98 Å². The second-order valence-corrected chi connectivity index (χ2v) is 6.43. The first kappa shape index (κ1) is 18.0. The minimum Gasteiger partial charge on any atom is -0.497 e. The van der Waals surface area contributed by atoms with Gasteiger partial charge in [0.15, 0.2) is 0 Å². The maximum Gasteiger partial charge on any atom is 0.257 e. The van der Waals surface area contributed by atoms with Crippen LogP contribution in [0.15, 0.2) is 36.5 Å². The van der Waals surface area contributed by atoms with Gasteiger partial charge in [-0.25, -0.2) is 4.98 Å². The second kappa shape index (κ2) is 8.56. The molecule has 2 aromatic rings. The number of benzene rings is 1. The zero-order valence-corrected chi connectivity index (χ0v) is 15.2. The van der Waals surface area contributed by atoms with Crippen LogP contribution in [0, 0.1) is 0 Å². The third-order valence-electron chi connectivity index (χ3n) is 4.64. The SMILES string of the molecule is COc1ccc(OC)c(NC(=O)c2ccc(NC3CCCCC3)nc2)c1. The largest absolute Gasteiger partial charge is 0.497 e. The van der Waals surface area contributed by atoms with Crippen LogP contribution in [-0.2, 0) is 0 Å². The highest BCUT2D eigenvalue weighted by Crippen LogP contribution is 2.29. The fraction of sp³-hybridized carbons (Fsp3) is 0.400. The maximum atomic E-state index is 12.5. The van der Waals surface area contributed by atoms with Crippen molar-refractivity contribution in [1.29, 1.82) is 0 Å². The van der Waals surface area contributed by atoms with E-state index < -0.39 is 0 Å². The van der Waals surface area contributed by atoms with E-state index in [1.165, 1.54) is 32.1 Å². The van der Waals surface area contributed by atoms with E-state index in [4.69, 9.17) is 9.47 Å². The van der Waals surface area contributed by atoms with Crippen molar-refractivity contribution < 1.29 is 14.3 Å². The van der Waals surface area contributed by atoms with Gasteiger partial charge in [0, 0.05) is 18.3 Å².